The van der Waals surface area contributed by atoms with Crippen molar-refractivity contribution < 1.29 is 13.2 Å². The molecule has 0 aliphatic heterocycles. The van der Waals surface area contributed by atoms with Gasteiger partial charge in [-0.25, -0.2) is 4.90 Å². The highest BCUT2D eigenvalue weighted by atomic mass is 79.9. The van der Waals surface area contributed by atoms with Crippen molar-refractivity contribution in [3.05, 3.63) is 34.3 Å². The third-order valence-corrected chi connectivity index (χ3v) is 2.57. The zero-order chi connectivity index (χ0) is 10.8. The molecule has 1 rings (SSSR count). The molecule has 0 unspecified atom stereocenters. The van der Waals surface area contributed by atoms with E-state index in [1.54, 1.807) is 24.3 Å². The maximum Gasteiger partial charge on any atom is 0.459 e. The normalized spacial score (nSPS) is 12.1. The molecule has 0 saturated carbocycles. The lowest BCUT2D eigenvalue weighted by Gasteiger charge is -2.20. The predicted molar refractivity (Wildman–Crippen MR) is 51.7 cm³/mol. The largest absolute Gasteiger partial charge is 0.459 e. The van der Waals surface area contributed by atoms with Gasteiger partial charge in [-0.1, -0.05) is 34.1 Å². The fourth-order valence-corrected chi connectivity index (χ4v) is 1.38. The monoisotopic (exact) mass is 267 g/mol. The predicted octanol–water partition coefficient (Wildman–Crippen LogP) is 3.40. The van der Waals surface area contributed by atoms with Crippen LogP contribution in [-0.4, -0.2) is 18.2 Å². The minimum absolute atomic E-state index is 0.148. The Morgan fingerprint density at radius 3 is 2.36 bits per heavy atom. The number of halogens is 4. The molecule has 0 aromatic heterocycles. The lowest BCUT2D eigenvalue weighted by molar-refractivity contribution is -0.240. The van der Waals surface area contributed by atoms with E-state index in [0.29, 0.717) is 14.9 Å². The van der Waals surface area contributed by atoms with E-state index in [-0.39, 0.29) is 6.54 Å². The minimum atomic E-state index is -4.28. The van der Waals surface area contributed by atoms with Gasteiger partial charge in [-0.3, -0.25) is 0 Å². The summed E-state index contributed by atoms with van der Waals surface area (Å²) in [6.07, 6.45) is -4.28. The third kappa shape index (κ3) is 2.99. The first-order valence-electron chi connectivity index (χ1n) is 3.92. The Kier molecular flexibility index (Phi) is 3.55. The van der Waals surface area contributed by atoms with Crippen molar-refractivity contribution in [1.82, 2.24) is 4.90 Å². The lowest BCUT2D eigenvalue weighted by atomic mass is 10.2. The molecule has 0 bridgehead atoms. The number of hydrogen-bond donors (Lipinski definition) is 0. The lowest BCUT2D eigenvalue weighted by Crippen LogP contribution is -2.33. The Hall–Kier alpha value is -0.550. The van der Waals surface area contributed by atoms with E-state index in [2.05, 4.69) is 15.9 Å². The van der Waals surface area contributed by atoms with Gasteiger partial charge in [0.2, 0.25) is 0 Å². The summed E-state index contributed by atoms with van der Waals surface area (Å²) in [5.41, 5.74) is 0.618. The van der Waals surface area contributed by atoms with Gasteiger partial charge in [0.1, 0.15) is 0 Å². The van der Waals surface area contributed by atoms with Crippen LogP contribution in [0.15, 0.2) is 28.7 Å². The van der Waals surface area contributed by atoms with Crippen molar-refractivity contribution in [3.63, 3.8) is 0 Å². The fourth-order valence-electron chi connectivity index (χ4n) is 0.972. The van der Waals surface area contributed by atoms with Crippen LogP contribution in [-0.2, 0) is 6.54 Å². The molecule has 0 saturated heterocycles. The number of rotatable bonds is 2. The third-order valence-electron chi connectivity index (χ3n) is 1.80. The summed E-state index contributed by atoms with van der Waals surface area (Å²) in [6, 6.07) is 6.86. The van der Waals surface area contributed by atoms with E-state index >= 15 is 0 Å². The molecule has 0 aliphatic rings. The molecule has 78 valence electrons. The van der Waals surface area contributed by atoms with Crippen LogP contribution in [0.3, 0.4) is 0 Å². The molecular weight excluding hydrogens is 259 g/mol. The molecule has 0 spiro atoms. The zero-order valence-electron chi connectivity index (χ0n) is 7.48. The molecule has 1 nitrogen and oxygen atoms in total. The van der Waals surface area contributed by atoms with Crippen LogP contribution < -0.4 is 0 Å². The number of benzene rings is 1. The molecule has 0 amide bonds. The average molecular weight is 268 g/mol. The molecule has 5 heteroatoms. The summed E-state index contributed by atoms with van der Waals surface area (Å²) in [7, 11) is 1.03. The molecule has 0 heterocycles. The first-order valence-corrected chi connectivity index (χ1v) is 4.72. The van der Waals surface area contributed by atoms with E-state index in [4.69, 9.17) is 0 Å². The van der Waals surface area contributed by atoms with Crippen LogP contribution in [0.4, 0.5) is 13.2 Å². The standard InChI is InChI=1S/C9H9BrF3N/c1-14(9(11,12)13)6-7-4-2-3-5-8(7)10/h2-5H,6H2,1H3. The van der Waals surface area contributed by atoms with Crippen LogP contribution in [0.2, 0.25) is 0 Å². The molecule has 0 fully saturated rings. The molecule has 1 aromatic carbocycles. The van der Waals surface area contributed by atoms with Crippen LogP contribution in [0.25, 0.3) is 0 Å². The van der Waals surface area contributed by atoms with Gasteiger partial charge in [0, 0.05) is 11.0 Å². The summed E-state index contributed by atoms with van der Waals surface area (Å²) in [4.78, 5) is 0.340. The first kappa shape index (κ1) is 11.5. The number of alkyl halides is 3. The maximum absolute atomic E-state index is 12.2. The molecule has 0 aliphatic carbocycles. The summed E-state index contributed by atoms with van der Waals surface area (Å²) in [6.45, 7) is -0.148. The smallest absolute Gasteiger partial charge is 0.213 e. The van der Waals surface area contributed by atoms with Crippen LogP contribution in [0, 0.1) is 0 Å². The zero-order valence-corrected chi connectivity index (χ0v) is 9.06. The van der Waals surface area contributed by atoms with Gasteiger partial charge in [0.05, 0.1) is 0 Å². The van der Waals surface area contributed by atoms with Crippen molar-refractivity contribution in [2.75, 3.05) is 7.05 Å². The molecule has 0 radical (unpaired) electrons. The van der Waals surface area contributed by atoms with Crippen LogP contribution >= 0.6 is 15.9 Å². The van der Waals surface area contributed by atoms with Gasteiger partial charge in [0.15, 0.2) is 0 Å². The highest BCUT2D eigenvalue weighted by Crippen LogP contribution is 2.24. The molecule has 0 N–H and O–H groups in total. The van der Waals surface area contributed by atoms with E-state index in [1.807, 2.05) is 0 Å². The Bertz CT molecular complexity index is 311. The molecular formula is C9H9BrF3N. The Balaban J connectivity index is 2.75. The highest BCUT2D eigenvalue weighted by Gasteiger charge is 2.33. The fraction of sp³-hybridized carbons (Fsp3) is 0.333. The first-order chi connectivity index (χ1) is 6.41. The van der Waals surface area contributed by atoms with Crippen molar-refractivity contribution in [1.29, 1.82) is 0 Å². The van der Waals surface area contributed by atoms with Crippen molar-refractivity contribution >= 4 is 15.9 Å². The second-order valence-electron chi connectivity index (χ2n) is 2.92. The van der Waals surface area contributed by atoms with Gasteiger partial charge in [-0.2, -0.15) is 13.2 Å². The van der Waals surface area contributed by atoms with E-state index in [0.717, 1.165) is 7.05 Å². The van der Waals surface area contributed by atoms with Gasteiger partial charge >= 0.3 is 6.30 Å². The maximum atomic E-state index is 12.2. The van der Waals surface area contributed by atoms with Crippen molar-refractivity contribution in [2.24, 2.45) is 0 Å². The molecule has 14 heavy (non-hydrogen) atoms. The molecule has 1 aromatic rings. The summed E-state index contributed by atoms with van der Waals surface area (Å²) >= 11 is 3.20. The Morgan fingerprint density at radius 2 is 1.86 bits per heavy atom. The van der Waals surface area contributed by atoms with Crippen molar-refractivity contribution in [2.45, 2.75) is 12.8 Å². The van der Waals surface area contributed by atoms with Gasteiger partial charge in [-0.15, -0.1) is 0 Å². The molecule has 0 atom stereocenters. The number of nitrogens with zero attached hydrogens (tertiary/aromatic N) is 1. The SMILES string of the molecule is CN(Cc1ccccc1Br)C(F)(F)F. The van der Waals surface area contributed by atoms with Gasteiger partial charge in [-0.05, 0) is 18.7 Å². The Labute approximate surface area is 88.7 Å². The van der Waals surface area contributed by atoms with Crippen molar-refractivity contribution in [3.8, 4) is 0 Å². The quantitative estimate of drug-likeness (QED) is 0.743. The average Bonchev–Trinajstić information content (AvgIpc) is 2.07. The van der Waals surface area contributed by atoms with Gasteiger partial charge < -0.3 is 0 Å². The number of hydrogen-bond acceptors (Lipinski definition) is 1. The minimum Gasteiger partial charge on any atom is -0.213 e. The van der Waals surface area contributed by atoms with E-state index in [1.165, 1.54) is 0 Å². The topological polar surface area (TPSA) is 3.24 Å². The van der Waals surface area contributed by atoms with Crippen LogP contribution in [0.5, 0.6) is 0 Å². The highest BCUT2D eigenvalue weighted by molar-refractivity contribution is 9.10. The second kappa shape index (κ2) is 4.31. The van der Waals surface area contributed by atoms with Crippen LogP contribution in [0.1, 0.15) is 5.56 Å². The van der Waals surface area contributed by atoms with E-state index in [9.17, 15) is 13.2 Å². The van der Waals surface area contributed by atoms with Gasteiger partial charge in [0.25, 0.3) is 0 Å². The summed E-state index contributed by atoms with van der Waals surface area (Å²) < 4.78 is 37.2. The summed E-state index contributed by atoms with van der Waals surface area (Å²) in [5.74, 6) is 0. The van der Waals surface area contributed by atoms with E-state index < -0.39 is 6.30 Å². The Morgan fingerprint density at radius 1 is 1.29 bits per heavy atom. The summed E-state index contributed by atoms with van der Waals surface area (Å²) in [5, 5.41) is 0. The second-order valence-corrected chi connectivity index (χ2v) is 3.77.